The molecular formula is C23H27N3O2S. The second kappa shape index (κ2) is 9.74. The smallest absolute Gasteiger partial charge is 0.277 e. The largest absolute Gasteiger partial charge is 0.411 e. The first kappa shape index (κ1) is 21.1. The second-order valence-corrected chi connectivity index (χ2v) is 8.56. The molecule has 0 saturated carbocycles. The van der Waals surface area contributed by atoms with Crippen LogP contribution >= 0.6 is 11.8 Å². The Kier molecular flexibility index (Phi) is 7.09. The van der Waals surface area contributed by atoms with Crippen molar-refractivity contribution in [3.8, 4) is 11.5 Å². The molecule has 2 atom stereocenters. The summed E-state index contributed by atoms with van der Waals surface area (Å²) >= 11 is 1.28. The summed E-state index contributed by atoms with van der Waals surface area (Å²) in [4.78, 5) is 12.8. The maximum Gasteiger partial charge on any atom is 0.277 e. The first-order chi connectivity index (χ1) is 14.0. The van der Waals surface area contributed by atoms with E-state index in [4.69, 9.17) is 4.42 Å². The maximum absolute atomic E-state index is 12.8. The van der Waals surface area contributed by atoms with Crippen molar-refractivity contribution in [1.29, 1.82) is 0 Å². The lowest BCUT2D eigenvalue weighted by Crippen LogP contribution is -2.34. The molecule has 0 radical (unpaired) electrons. The predicted octanol–water partition coefficient (Wildman–Crippen LogP) is 5.49. The number of rotatable bonds is 8. The molecule has 29 heavy (non-hydrogen) atoms. The fourth-order valence-electron chi connectivity index (χ4n) is 3.26. The van der Waals surface area contributed by atoms with Crippen LogP contribution in [0.25, 0.3) is 11.5 Å². The van der Waals surface area contributed by atoms with Crippen LogP contribution < -0.4 is 5.32 Å². The molecule has 2 aromatic carbocycles. The molecule has 0 spiro atoms. The van der Waals surface area contributed by atoms with Crippen LogP contribution in [0, 0.1) is 13.8 Å². The average Bonchev–Trinajstić information content (AvgIpc) is 3.16. The summed E-state index contributed by atoms with van der Waals surface area (Å²) in [6.07, 6.45) is 1.88. The van der Waals surface area contributed by atoms with Crippen LogP contribution in [0.4, 0.5) is 0 Å². The van der Waals surface area contributed by atoms with E-state index in [1.165, 1.54) is 11.8 Å². The van der Waals surface area contributed by atoms with Crippen LogP contribution in [0.2, 0.25) is 0 Å². The number of thioether (sulfide) groups is 1. The van der Waals surface area contributed by atoms with Crippen molar-refractivity contribution in [2.45, 2.75) is 57.1 Å². The summed E-state index contributed by atoms with van der Waals surface area (Å²) in [5, 5.41) is 11.5. The fourth-order valence-corrected chi connectivity index (χ4v) is 3.95. The molecule has 3 aromatic rings. The molecule has 1 heterocycles. The third-order valence-electron chi connectivity index (χ3n) is 4.62. The zero-order valence-electron chi connectivity index (χ0n) is 17.3. The number of hydrogen-bond acceptors (Lipinski definition) is 5. The van der Waals surface area contributed by atoms with Gasteiger partial charge in [-0.1, -0.05) is 72.6 Å². The van der Waals surface area contributed by atoms with E-state index in [1.54, 1.807) is 0 Å². The topological polar surface area (TPSA) is 68.0 Å². The molecule has 152 valence electrons. The number of benzene rings is 2. The fraction of sp³-hybridized carbons (Fsp3) is 0.348. The van der Waals surface area contributed by atoms with Crippen molar-refractivity contribution < 1.29 is 9.21 Å². The van der Waals surface area contributed by atoms with Gasteiger partial charge in [0.05, 0.1) is 11.3 Å². The Hall–Kier alpha value is -2.60. The van der Waals surface area contributed by atoms with Gasteiger partial charge in [0.25, 0.3) is 5.22 Å². The van der Waals surface area contributed by atoms with Crippen molar-refractivity contribution in [3.05, 3.63) is 65.2 Å². The Morgan fingerprint density at radius 3 is 2.45 bits per heavy atom. The van der Waals surface area contributed by atoms with Gasteiger partial charge in [-0.05, 0) is 44.9 Å². The maximum atomic E-state index is 12.8. The van der Waals surface area contributed by atoms with Crippen molar-refractivity contribution in [2.24, 2.45) is 0 Å². The minimum Gasteiger partial charge on any atom is -0.411 e. The summed E-state index contributed by atoms with van der Waals surface area (Å²) in [5.41, 5.74) is 4.30. The predicted molar refractivity (Wildman–Crippen MR) is 117 cm³/mol. The summed E-state index contributed by atoms with van der Waals surface area (Å²) in [5.74, 6) is 0.434. The highest BCUT2D eigenvalue weighted by Crippen LogP contribution is 2.28. The number of aryl methyl sites for hydroxylation is 2. The Bertz CT molecular complexity index is 936. The summed E-state index contributed by atoms with van der Waals surface area (Å²) < 4.78 is 5.80. The third kappa shape index (κ3) is 5.70. The van der Waals surface area contributed by atoms with Gasteiger partial charge in [-0.3, -0.25) is 4.79 Å². The van der Waals surface area contributed by atoms with E-state index in [0.29, 0.717) is 11.1 Å². The van der Waals surface area contributed by atoms with E-state index >= 15 is 0 Å². The van der Waals surface area contributed by atoms with E-state index in [0.717, 1.165) is 35.1 Å². The molecular weight excluding hydrogens is 382 g/mol. The normalized spacial score (nSPS) is 13.1. The van der Waals surface area contributed by atoms with E-state index in [1.807, 2.05) is 63.2 Å². The van der Waals surface area contributed by atoms with Gasteiger partial charge >= 0.3 is 0 Å². The minimum absolute atomic E-state index is 0.00488. The molecule has 1 aromatic heterocycles. The molecule has 0 aliphatic carbocycles. The van der Waals surface area contributed by atoms with Crippen molar-refractivity contribution in [1.82, 2.24) is 15.5 Å². The molecule has 0 aliphatic heterocycles. The van der Waals surface area contributed by atoms with Crippen LogP contribution in [0.15, 0.2) is 58.2 Å². The van der Waals surface area contributed by atoms with Gasteiger partial charge in [0.2, 0.25) is 11.8 Å². The van der Waals surface area contributed by atoms with Gasteiger partial charge in [0.1, 0.15) is 0 Å². The first-order valence-electron chi connectivity index (χ1n) is 9.90. The average molecular weight is 410 g/mol. The Balaban J connectivity index is 1.66. The standard InChI is InChI=1S/C23H27N3O2S/c1-5-9-20(18-10-7-6-8-11-18)24-21(27)17(4)29-23-26-25-22(28-23)19-13-15(2)12-16(3)14-19/h6-8,10-14,17,20H,5,9H2,1-4H3,(H,24,27)/t17-,20+/m0/s1. The van der Waals surface area contributed by atoms with E-state index in [2.05, 4.69) is 28.5 Å². The van der Waals surface area contributed by atoms with Crippen LogP contribution in [0.3, 0.4) is 0 Å². The molecule has 0 aliphatic rings. The number of carbonyl (C=O) groups is 1. The lowest BCUT2D eigenvalue weighted by atomic mass is 10.0. The number of nitrogens with zero attached hydrogens (tertiary/aromatic N) is 2. The van der Waals surface area contributed by atoms with Crippen LogP contribution in [-0.2, 0) is 4.79 Å². The molecule has 5 nitrogen and oxygen atoms in total. The quantitative estimate of drug-likeness (QED) is 0.498. The van der Waals surface area contributed by atoms with Gasteiger partial charge in [0, 0.05) is 5.56 Å². The Morgan fingerprint density at radius 2 is 1.79 bits per heavy atom. The van der Waals surface area contributed by atoms with Crippen molar-refractivity contribution in [2.75, 3.05) is 0 Å². The Labute approximate surface area is 176 Å². The van der Waals surface area contributed by atoms with Gasteiger partial charge in [-0.15, -0.1) is 10.2 Å². The van der Waals surface area contributed by atoms with Gasteiger partial charge in [0.15, 0.2) is 0 Å². The van der Waals surface area contributed by atoms with Crippen molar-refractivity contribution in [3.63, 3.8) is 0 Å². The number of hydrogen-bond donors (Lipinski definition) is 1. The molecule has 0 unspecified atom stereocenters. The lowest BCUT2D eigenvalue weighted by molar-refractivity contribution is -0.121. The summed E-state index contributed by atoms with van der Waals surface area (Å²) in [6, 6.07) is 16.2. The van der Waals surface area contributed by atoms with E-state index in [9.17, 15) is 4.79 Å². The summed E-state index contributed by atoms with van der Waals surface area (Å²) in [7, 11) is 0. The lowest BCUT2D eigenvalue weighted by Gasteiger charge is -2.20. The number of carbonyl (C=O) groups excluding carboxylic acids is 1. The van der Waals surface area contributed by atoms with Crippen LogP contribution in [0.5, 0.6) is 0 Å². The van der Waals surface area contributed by atoms with Crippen molar-refractivity contribution >= 4 is 17.7 Å². The zero-order chi connectivity index (χ0) is 20.8. The van der Waals surface area contributed by atoms with E-state index in [-0.39, 0.29) is 17.2 Å². The molecule has 6 heteroatoms. The number of amides is 1. The molecule has 0 saturated heterocycles. The molecule has 1 amide bonds. The van der Waals surface area contributed by atoms with Gasteiger partial charge < -0.3 is 9.73 Å². The van der Waals surface area contributed by atoms with Gasteiger partial charge in [-0.2, -0.15) is 0 Å². The third-order valence-corrected chi connectivity index (χ3v) is 5.55. The Morgan fingerprint density at radius 1 is 1.10 bits per heavy atom. The molecule has 3 rings (SSSR count). The van der Waals surface area contributed by atoms with Crippen LogP contribution in [0.1, 0.15) is 49.4 Å². The minimum atomic E-state index is -0.342. The SMILES string of the molecule is CCC[C@@H](NC(=O)[C@H](C)Sc1nnc(-c2cc(C)cc(C)c2)o1)c1ccccc1. The highest BCUT2D eigenvalue weighted by Gasteiger charge is 2.22. The first-order valence-corrected chi connectivity index (χ1v) is 10.8. The molecule has 1 N–H and O–H groups in total. The van der Waals surface area contributed by atoms with E-state index < -0.39 is 0 Å². The van der Waals surface area contributed by atoms with Crippen LogP contribution in [-0.4, -0.2) is 21.4 Å². The zero-order valence-corrected chi connectivity index (χ0v) is 18.1. The number of aromatic nitrogens is 2. The molecule has 0 bridgehead atoms. The monoisotopic (exact) mass is 409 g/mol. The summed E-state index contributed by atoms with van der Waals surface area (Å²) in [6.45, 7) is 8.05. The second-order valence-electron chi connectivity index (χ2n) is 7.27. The number of nitrogens with one attached hydrogen (secondary N) is 1. The highest BCUT2D eigenvalue weighted by molar-refractivity contribution is 8.00. The molecule has 0 fully saturated rings. The highest BCUT2D eigenvalue weighted by atomic mass is 32.2. The van der Waals surface area contributed by atoms with Gasteiger partial charge in [-0.25, -0.2) is 0 Å².